The first-order chi connectivity index (χ1) is 18.4. The number of allylic oxidation sites excluding steroid dienone is 3. The Kier molecular flexibility index (Phi) is 5.92. The number of carbonyl (C=O) groups excluding carboxylic acids is 1. The predicted molar refractivity (Wildman–Crippen MR) is 149 cm³/mol. The minimum Gasteiger partial charge on any atom is -0.454 e. The Morgan fingerprint density at radius 3 is 2.50 bits per heavy atom. The number of hydrogen-bond donors (Lipinski definition) is 0. The Balaban J connectivity index is 1.56. The van der Waals surface area contributed by atoms with Crippen LogP contribution in [0.5, 0.6) is 0 Å². The molecular weight excluding hydrogens is 498 g/mol. The molecule has 2 aliphatic rings. The summed E-state index contributed by atoms with van der Waals surface area (Å²) in [6.07, 6.45) is 6.22. The summed E-state index contributed by atoms with van der Waals surface area (Å²) in [5.74, 6) is 0.391. The Labute approximate surface area is 225 Å². The maximum absolute atomic E-state index is 12.7. The molecule has 6 nitrogen and oxygen atoms in total. The van der Waals surface area contributed by atoms with Crippen LogP contribution in [0.15, 0.2) is 106 Å². The van der Waals surface area contributed by atoms with Crippen LogP contribution in [0.1, 0.15) is 42.7 Å². The standard InChI is InChI=1S/C31H26ClN3O3/c1-4-20(3)35-25(16-15-23-30(36)38-29(34-23)21-11-7-5-8-12-21)31(32,22-13-9-6-10-14-22)28-27(35)26-24(37-28)17-19(2)18-33-26/h5-18,20H,4H2,1-3H3/b23-15+,25-16-. The summed E-state index contributed by atoms with van der Waals surface area (Å²) in [5, 5.41) is 0. The van der Waals surface area contributed by atoms with E-state index in [-0.39, 0.29) is 17.6 Å². The van der Waals surface area contributed by atoms with Crippen molar-refractivity contribution in [1.29, 1.82) is 0 Å². The minimum absolute atomic E-state index is 0.0746. The zero-order valence-electron chi connectivity index (χ0n) is 21.3. The van der Waals surface area contributed by atoms with Gasteiger partial charge in [0.1, 0.15) is 11.2 Å². The number of rotatable bonds is 5. The smallest absolute Gasteiger partial charge is 0.363 e. The average molecular weight is 524 g/mol. The van der Waals surface area contributed by atoms with E-state index in [0.29, 0.717) is 11.3 Å². The lowest BCUT2D eigenvalue weighted by molar-refractivity contribution is -0.130. The van der Waals surface area contributed by atoms with Crippen molar-refractivity contribution in [3.8, 4) is 0 Å². The summed E-state index contributed by atoms with van der Waals surface area (Å²) in [6, 6.07) is 21.3. The zero-order chi connectivity index (χ0) is 26.4. The van der Waals surface area contributed by atoms with Gasteiger partial charge in [-0.05, 0) is 61.7 Å². The van der Waals surface area contributed by atoms with Crippen molar-refractivity contribution in [1.82, 2.24) is 4.98 Å². The number of aromatic nitrogens is 1. The van der Waals surface area contributed by atoms with Gasteiger partial charge in [-0.2, -0.15) is 0 Å². The van der Waals surface area contributed by atoms with Crippen molar-refractivity contribution in [2.75, 3.05) is 4.90 Å². The maximum atomic E-state index is 12.7. The largest absolute Gasteiger partial charge is 0.454 e. The fraction of sp³-hybridized carbons (Fsp3) is 0.194. The van der Waals surface area contributed by atoms with Crippen LogP contribution < -0.4 is 4.90 Å². The molecular formula is C31H26ClN3O3. The van der Waals surface area contributed by atoms with E-state index in [2.05, 4.69) is 23.7 Å². The number of furan rings is 1. The number of aryl methyl sites for hydroxylation is 1. The third-order valence-electron chi connectivity index (χ3n) is 7.05. The predicted octanol–water partition coefficient (Wildman–Crippen LogP) is 7.01. The number of anilines is 1. The van der Waals surface area contributed by atoms with Crippen LogP contribution in [0.3, 0.4) is 0 Å². The van der Waals surface area contributed by atoms with Gasteiger partial charge in [0.05, 0.1) is 5.70 Å². The summed E-state index contributed by atoms with van der Waals surface area (Å²) in [5.41, 5.74) is 5.87. The molecule has 0 amide bonds. The highest BCUT2D eigenvalue weighted by molar-refractivity contribution is 6.30. The van der Waals surface area contributed by atoms with Crippen molar-refractivity contribution >= 4 is 40.3 Å². The number of halogens is 1. The number of pyridine rings is 1. The van der Waals surface area contributed by atoms with Gasteiger partial charge in [-0.15, -0.1) is 0 Å². The van der Waals surface area contributed by atoms with Crippen LogP contribution in [-0.4, -0.2) is 22.9 Å². The Morgan fingerprint density at radius 2 is 1.79 bits per heavy atom. The first kappa shape index (κ1) is 24.2. The molecule has 4 aromatic rings. The molecule has 2 atom stereocenters. The van der Waals surface area contributed by atoms with E-state index in [9.17, 15) is 4.79 Å². The molecule has 0 radical (unpaired) electrons. The van der Waals surface area contributed by atoms with E-state index in [1.54, 1.807) is 6.08 Å². The molecule has 0 fully saturated rings. The second kappa shape index (κ2) is 9.30. The van der Waals surface area contributed by atoms with Crippen molar-refractivity contribution < 1.29 is 13.9 Å². The molecule has 2 aromatic carbocycles. The van der Waals surface area contributed by atoms with Gasteiger partial charge in [-0.25, -0.2) is 9.79 Å². The van der Waals surface area contributed by atoms with Gasteiger partial charge in [0.15, 0.2) is 21.9 Å². The number of ether oxygens (including phenoxy) is 1. The number of benzene rings is 2. The number of nitrogens with zero attached hydrogens (tertiary/aromatic N) is 3. The number of aliphatic imine (C=N–C) groups is 1. The fourth-order valence-corrected chi connectivity index (χ4v) is 5.40. The molecule has 4 heterocycles. The number of alkyl halides is 1. The van der Waals surface area contributed by atoms with Gasteiger partial charge in [0.25, 0.3) is 0 Å². The van der Waals surface area contributed by atoms with E-state index >= 15 is 0 Å². The summed E-state index contributed by atoms with van der Waals surface area (Å²) in [4.78, 5) is 23.0. The van der Waals surface area contributed by atoms with Crippen molar-refractivity contribution in [2.24, 2.45) is 4.99 Å². The van der Waals surface area contributed by atoms with Crippen molar-refractivity contribution in [3.05, 3.63) is 119 Å². The average Bonchev–Trinajstić information content (AvgIpc) is 3.58. The molecule has 7 heteroatoms. The Bertz CT molecular complexity index is 1640. The fourth-order valence-electron chi connectivity index (χ4n) is 4.99. The highest BCUT2D eigenvalue weighted by Gasteiger charge is 2.53. The second-order valence-corrected chi connectivity index (χ2v) is 10.1. The van der Waals surface area contributed by atoms with Crippen LogP contribution in [0, 0.1) is 6.92 Å². The summed E-state index contributed by atoms with van der Waals surface area (Å²) in [7, 11) is 0. The maximum Gasteiger partial charge on any atom is 0.363 e. The molecule has 38 heavy (non-hydrogen) atoms. The van der Waals surface area contributed by atoms with E-state index in [4.69, 9.17) is 25.7 Å². The quantitative estimate of drug-likeness (QED) is 0.160. The summed E-state index contributed by atoms with van der Waals surface area (Å²) in [6.45, 7) is 6.25. The Morgan fingerprint density at radius 1 is 1.08 bits per heavy atom. The van der Waals surface area contributed by atoms with Gasteiger partial charge >= 0.3 is 5.97 Å². The monoisotopic (exact) mass is 523 g/mol. The van der Waals surface area contributed by atoms with Gasteiger partial charge < -0.3 is 14.1 Å². The van der Waals surface area contributed by atoms with E-state index in [0.717, 1.165) is 40.0 Å². The highest BCUT2D eigenvalue weighted by atomic mass is 35.5. The lowest BCUT2D eigenvalue weighted by atomic mass is 9.93. The van der Waals surface area contributed by atoms with Crippen molar-refractivity contribution in [3.63, 3.8) is 0 Å². The number of fused-ring (bicyclic) bond motifs is 3. The van der Waals surface area contributed by atoms with E-state index in [1.165, 1.54) is 0 Å². The second-order valence-electron chi connectivity index (χ2n) is 9.57. The number of esters is 1. The zero-order valence-corrected chi connectivity index (χ0v) is 22.1. The molecule has 0 aliphatic carbocycles. The van der Waals surface area contributed by atoms with Crippen LogP contribution in [0.4, 0.5) is 5.69 Å². The van der Waals surface area contributed by atoms with Crippen LogP contribution in [0.25, 0.3) is 11.1 Å². The van der Waals surface area contributed by atoms with Gasteiger partial charge in [0.2, 0.25) is 5.90 Å². The molecule has 2 unspecified atom stereocenters. The third-order valence-corrected chi connectivity index (χ3v) is 7.63. The van der Waals surface area contributed by atoms with Gasteiger partial charge in [0, 0.05) is 17.8 Å². The minimum atomic E-state index is -1.14. The Hall–Kier alpha value is -4.16. The van der Waals surface area contributed by atoms with Crippen LogP contribution >= 0.6 is 11.6 Å². The molecule has 0 saturated heterocycles. The molecule has 2 aliphatic heterocycles. The third kappa shape index (κ3) is 3.75. The summed E-state index contributed by atoms with van der Waals surface area (Å²) < 4.78 is 11.9. The van der Waals surface area contributed by atoms with E-state index in [1.807, 2.05) is 85.9 Å². The molecule has 0 bridgehead atoms. The molecule has 6 rings (SSSR count). The first-order valence-corrected chi connectivity index (χ1v) is 13.0. The summed E-state index contributed by atoms with van der Waals surface area (Å²) >= 11 is 7.63. The van der Waals surface area contributed by atoms with Crippen LogP contribution in [0.2, 0.25) is 0 Å². The van der Waals surface area contributed by atoms with Gasteiger partial charge in [-0.3, -0.25) is 4.98 Å². The lowest BCUT2D eigenvalue weighted by Gasteiger charge is -2.32. The topological polar surface area (TPSA) is 67.9 Å². The first-order valence-electron chi connectivity index (χ1n) is 12.6. The normalized spacial score (nSPS) is 21.7. The molecule has 2 aromatic heterocycles. The number of carbonyl (C=O) groups is 1. The van der Waals surface area contributed by atoms with Crippen molar-refractivity contribution in [2.45, 2.75) is 38.1 Å². The lowest BCUT2D eigenvalue weighted by Crippen LogP contribution is -2.34. The molecule has 0 saturated carbocycles. The highest BCUT2D eigenvalue weighted by Crippen LogP contribution is 2.58. The van der Waals surface area contributed by atoms with Gasteiger partial charge in [-0.1, -0.05) is 67.1 Å². The van der Waals surface area contributed by atoms with E-state index < -0.39 is 10.8 Å². The molecule has 0 N–H and O–H groups in total. The molecule has 190 valence electrons. The number of hydrogen-bond acceptors (Lipinski definition) is 6. The van der Waals surface area contributed by atoms with Crippen LogP contribution in [-0.2, 0) is 14.4 Å². The number of cyclic esters (lactones) is 1. The molecule has 0 spiro atoms. The SMILES string of the molecule is CCC(C)N1/C(=C\C=C2\N=C(c3ccccc3)OC2=O)C(Cl)(c2ccccc2)c2oc3cc(C)cnc3c21.